The summed E-state index contributed by atoms with van der Waals surface area (Å²) in [6.45, 7) is 4.42. The monoisotopic (exact) mass is 668 g/mol. The minimum Gasteiger partial charge on any atom is -0.392 e. The number of nitrogens with one attached hydrogen (secondary N) is 2. The minimum absolute atomic E-state index is 0.00467. The van der Waals surface area contributed by atoms with E-state index in [1.165, 1.54) is 0 Å². The summed E-state index contributed by atoms with van der Waals surface area (Å²) < 4.78 is 44.0. The molecule has 0 radical (unpaired) electrons. The molecule has 0 aliphatic carbocycles. The molecule has 0 saturated carbocycles. The van der Waals surface area contributed by atoms with Gasteiger partial charge in [-0.2, -0.15) is 0 Å². The number of para-hydroxylation sites is 2. The van der Waals surface area contributed by atoms with Crippen molar-refractivity contribution in [1.29, 1.82) is 0 Å². The second-order valence-corrected chi connectivity index (χ2v) is 14.4. The number of hydrogen-bond acceptors (Lipinski definition) is 7. The number of anilines is 1. The number of fused-ring (bicyclic) bond motifs is 1. The molecule has 4 aromatic carbocycles. The lowest BCUT2D eigenvalue weighted by Gasteiger charge is -2.44. The number of aromatic nitrogens is 2. The lowest BCUT2D eigenvalue weighted by molar-refractivity contribution is -0.276. The zero-order chi connectivity index (χ0) is 33.3. The van der Waals surface area contributed by atoms with Gasteiger partial charge in [0, 0.05) is 42.8 Å². The molecule has 11 heteroatoms. The highest BCUT2D eigenvalue weighted by atomic mass is 32.2. The first-order chi connectivity index (χ1) is 23.3. The normalized spacial score (nSPS) is 22.5. The van der Waals surface area contributed by atoms with Crippen molar-refractivity contribution in [3.63, 3.8) is 0 Å². The number of piperidine rings is 1. The number of nitrogens with zero attached hydrogens (tertiary/aromatic N) is 2. The van der Waals surface area contributed by atoms with Crippen molar-refractivity contribution in [1.82, 2.24) is 14.5 Å². The number of hydrogen-bond donors (Lipinski definition) is 3. The molecule has 5 aromatic rings. The van der Waals surface area contributed by atoms with Gasteiger partial charge in [0.15, 0.2) is 6.29 Å². The van der Waals surface area contributed by atoms with Crippen molar-refractivity contribution in [2.75, 3.05) is 24.4 Å². The molecule has 10 nitrogen and oxygen atoms in total. The summed E-state index contributed by atoms with van der Waals surface area (Å²) in [6.07, 6.45) is 0.464. The summed E-state index contributed by atoms with van der Waals surface area (Å²) in [4.78, 5) is 18.4. The number of imidazole rings is 1. The summed E-state index contributed by atoms with van der Waals surface area (Å²) in [5, 5.41) is 9.61. The maximum atomic E-state index is 13.1. The fourth-order valence-corrected chi connectivity index (χ4v) is 8.01. The van der Waals surface area contributed by atoms with Crippen LogP contribution in [0.25, 0.3) is 11.0 Å². The molecule has 1 unspecified atom stereocenters. The molecule has 2 aliphatic rings. The molecule has 0 spiro atoms. The summed E-state index contributed by atoms with van der Waals surface area (Å²) in [7, 11) is -3.78. The summed E-state index contributed by atoms with van der Waals surface area (Å²) in [5.74, 6) is -0.00467. The van der Waals surface area contributed by atoms with Crippen molar-refractivity contribution in [3.05, 3.63) is 130 Å². The van der Waals surface area contributed by atoms with Crippen LogP contribution in [0.4, 0.5) is 5.69 Å². The molecular formula is C37H40N4O6S. The average Bonchev–Trinajstić information content (AvgIpc) is 3.45. The number of ether oxygens (including phenoxy) is 2. The Labute approximate surface area is 280 Å². The molecule has 0 amide bonds. The number of aromatic amines is 1. The second kappa shape index (κ2) is 13.7. The largest absolute Gasteiger partial charge is 0.392 e. The fourth-order valence-electron chi connectivity index (χ4n) is 6.94. The Morgan fingerprint density at radius 3 is 2.35 bits per heavy atom. The van der Waals surface area contributed by atoms with Gasteiger partial charge in [-0.05, 0) is 60.4 Å². The Balaban J connectivity index is 1.11. The fraction of sp³-hybridized carbons (Fsp3) is 0.324. The molecule has 0 bridgehead atoms. The van der Waals surface area contributed by atoms with E-state index in [2.05, 4.69) is 21.5 Å². The van der Waals surface area contributed by atoms with Gasteiger partial charge in [0.25, 0.3) is 10.0 Å². The number of likely N-dealkylation sites (tertiary alicyclic amines) is 1. The van der Waals surface area contributed by atoms with Crippen LogP contribution in [0.2, 0.25) is 0 Å². The first-order valence-electron chi connectivity index (χ1n) is 16.4. The van der Waals surface area contributed by atoms with E-state index < -0.39 is 16.3 Å². The van der Waals surface area contributed by atoms with E-state index in [9.17, 15) is 18.3 Å². The number of aliphatic hydroxyl groups is 1. The van der Waals surface area contributed by atoms with Crippen LogP contribution in [0, 0.1) is 5.92 Å². The van der Waals surface area contributed by atoms with E-state index in [0.717, 1.165) is 48.1 Å². The van der Waals surface area contributed by atoms with Crippen LogP contribution in [0.15, 0.2) is 113 Å². The third kappa shape index (κ3) is 6.69. The number of aliphatic hydroxyl groups excluding tert-OH is 1. The van der Waals surface area contributed by atoms with E-state index in [0.29, 0.717) is 17.8 Å². The highest BCUT2D eigenvalue weighted by Crippen LogP contribution is 2.42. The van der Waals surface area contributed by atoms with Crippen LogP contribution in [0.5, 0.6) is 0 Å². The van der Waals surface area contributed by atoms with Gasteiger partial charge in [-0.1, -0.05) is 73.7 Å². The second-order valence-electron chi connectivity index (χ2n) is 12.7. The topological polar surface area (TPSA) is 126 Å². The number of sulfonamides is 1. The minimum atomic E-state index is -3.78. The Morgan fingerprint density at radius 1 is 0.875 bits per heavy atom. The Morgan fingerprint density at radius 2 is 1.60 bits per heavy atom. The zero-order valence-electron chi connectivity index (χ0n) is 26.7. The summed E-state index contributed by atoms with van der Waals surface area (Å²) >= 11 is 0. The Bertz CT molecular complexity index is 2020. The van der Waals surface area contributed by atoms with Crippen LogP contribution < -0.4 is 10.4 Å². The standard InChI is InChI=1S/C37H40N4O6S/c1-25-34(23-40-20-18-30(19-21-40)41-33-13-6-5-12-32(33)38-37(41)43)46-36(47-35(25)27-16-14-26(24-42)15-17-27)28-8-7-9-29(22-28)39-48(44,45)31-10-3-2-4-11-31/h2-17,22,25,30,34-36,39,42H,18-21,23-24H2,1H3,(H,38,43)/t25-,34+,35+,36?/m0/s1. The third-order valence-corrected chi connectivity index (χ3v) is 11.0. The van der Waals surface area contributed by atoms with Gasteiger partial charge in [0.05, 0.1) is 34.7 Å². The molecule has 250 valence electrons. The van der Waals surface area contributed by atoms with E-state index in [4.69, 9.17) is 9.47 Å². The van der Waals surface area contributed by atoms with E-state index in [1.807, 2.05) is 59.2 Å². The molecule has 2 aliphatic heterocycles. The smallest absolute Gasteiger partial charge is 0.326 e. The van der Waals surface area contributed by atoms with Gasteiger partial charge in [0.1, 0.15) is 0 Å². The molecule has 4 atom stereocenters. The SMILES string of the molecule is C[C@H]1[C@@H](CN2CCC(n3c(=O)[nH]c4ccccc43)CC2)OC(c2cccc(NS(=O)(=O)c3ccccc3)c2)O[C@H]1c1ccc(CO)cc1. The van der Waals surface area contributed by atoms with E-state index >= 15 is 0 Å². The van der Waals surface area contributed by atoms with Crippen LogP contribution in [0.1, 0.15) is 54.9 Å². The molecular weight excluding hydrogens is 628 g/mol. The highest BCUT2D eigenvalue weighted by molar-refractivity contribution is 7.92. The van der Waals surface area contributed by atoms with Gasteiger partial charge in [0.2, 0.25) is 0 Å². The maximum Gasteiger partial charge on any atom is 0.326 e. The maximum absolute atomic E-state index is 13.1. The van der Waals surface area contributed by atoms with Crippen molar-refractivity contribution < 1.29 is 23.0 Å². The Hall–Kier alpha value is -4.26. The van der Waals surface area contributed by atoms with Crippen LogP contribution in [0.3, 0.4) is 0 Å². The first kappa shape index (κ1) is 32.3. The number of rotatable bonds is 9. The molecule has 7 rings (SSSR count). The lowest BCUT2D eigenvalue weighted by atomic mass is 9.89. The predicted octanol–water partition coefficient (Wildman–Crippen LogP) is 5.75. The third-order valence-electron chi connectivity index (χ3n) is 9.57. The van der Waals surface area contributed by atoms with Crippen molar-refractivity contribution in [2.45, 2.75) is 55.8 Å². The summed E-state index contributed by atoms with van der Waals surface area (Å²) in [5.41, 5.74) is 4.65. The quantitative estimate of drug-likeness (QED) is 0.183. The van der Waals surface area contributed by atoms with Gasteiger partial charge >= 0.3 is 5.69 Å². The highest BCUT2D eigenvalue weighted by Gasteiger charge is 2.40. The number of H-pyrrole nitrogens is 1. The van der Waals surface area contributed by atoms with Crippen molar-refractivity contribution >= 4 is 26.7 Å². The van der Waals surface area contributed by atoms with Crippen LogP contribution in [-0.2, 0) is 26.1 Å². The van der Waals surface area contributed by atoms with E-state index in [-0.39, 0.29) is 41.4 Å². The Kier molecular flexibility index (Phi) is 9.21. The molecule has 2 saturated heterocycles. The van der Waals surface area contributed by atoms with Gasteiger partial charge in [-0.3, -0.25) is 9.29 Å². The number of benzene rings is 4. The van der Waals surface area contributed by atoms with Crippen molar-refractivity contribution in [2.24, 2.45) is 5.92 Å². The predicted molar refractivity (Wildman–Crippen MR) is 184 cm³/mol. The van der Waals surface area contributed by atoms with Gasteiger partial charge < -0.3 is 24.5 Å². The molecule has 48 heavy (non-hydrogen) atoms. The zero-order valence-corrected chi connectivity index (χ0v) is 27.6. The van der Waals surface area contributed by atoms with Crippen LogP contribution in [-0.4, -0.2) is 53.7 Å². The lowest BCUT2D eigenvalue weighted by Crippen LogP contribution is -2.47. The molecule has 3 N–H and O–H groups in total. The van der Waals surface area contributed by atoms with Gasteiger partial charge in [-0.25, -0.2) is 13.2 Å². The first-order valence-corrected chi connectivity index (χ1v) is 17.9. The van der Waals surface area contributed by atoms with Crippen LogP contribution >= 0.6 is 0 Å². The van der Waals surface area contributed by atoms with E-state index in [1.54, 1.807) is 48.5 Å². The van der Waals surface area contributed by atoms with Gasteiger partial charge in [-0.15, -0.1) is 0 Å². The molecule has 1 aromatic heterocycles. The average molecular weight is 669 g/mol. The molecule has 2 fully saturated rings. The molecule has 3 heterocycles. The van der Waals surface area contributed by atoms with Crippen molar-refractivity contribution in [3.8, 4) is 0 Å². The summed E-state index contributed by atoms with van der Waals surface area (Å²) in [6, 6.07) is 31.1.